The lowest BCUT2D eigenvalue weighted by atomic mass is 10.1. The zero-order chi connectivity index (χ0) is 23.4. The number of amides is 2. The molecule has 0 aliphatic carbocycles. The SMILES string of the molecule is C=CC(=O)N1CCC[C@@H](n2cc(C(N)=O)c(-c3ccc(OCc4ccccn4)c(Cl)c3)n2)C1. The van der Waals surface area contributed by atoms with E-state index in [2.05, 4.69) is 16.7 Å². The lowest BCUT2D eigenvalue weighted by Gasteiger charge is -2.32. The van der Waals surface area contributed by atoms with Crippen molar-refractivity contribution >= 4 is 23.4 Å². The molecule has 3 heterocycles. The molecule has 1 aliphatic rings. The van der Waals surface area contributed by atoms with Gasteiger partial charge in [0.15, 0.2) is 0 Å². The van der Waals surface area contributed by atoms with Gasteiger partial charge in [-0.1, -0.05) is 24.2 Å². The molecule has 33 heavy (non-hydrogen) atoms. The number of carbonyl (C=O) groups is 2. The fourth-order valence-electron chi connectivity index (χ4n) is 3.87. The van der Waals surface area contributed by atoms with Crippen LogP contribution in [0.4, 0.5) is 0 Å². The van der Waals surface area contributed by atoms with Crippen molar-refractivity contribution in [3.05, 3.63) is 77.7 Å². The van der Waals surface area contributed by atoms with Crippen LogP contribution in [0, 0.1) is 0 Å². The molecule has 0 spiro atoms. The molecule has 1 fully saturated rings. The van der Waals surface area contributed by atoms with Gasteiger partial charge in [0.25, 0.3) is 5.91 Å². The van der Waals surface area contributed by atoms with Crippen molar-refractivity contribution in [1.82, 2.24) is 19.7 Å². The molecule has 4 rings (SSSR count). The summed E-state index contributed by atoms with van der Waals surface area (Å²) in [6, 6.07) is 10.7. The first-order chi connectivity index (χ1) is 16.0. The number of piperidine rings is 1. The first-order valence-corrected chi connectivity index (χ1v) is 11.0. The highest BCUT2D eigenvalue weighted by atomic mass is 35.5. The summed E-state index contributed by atoms with van der Waals surface area (Å²) in [5.41, 5.74) is 7.79. The van der Waals surface area contributed by atoms with Crippen LogP contribution in [-0.2, 0) is 11.4 Å². The number of benzene rings is 1. The van der Waals surface area contributed by atoms with E-state index in [1.165, 1.54) is 6.08 Å². The van der Waals surface area contributed by atoms with Crippen molar-refractivity contribution in [2.24, 2.45) is 5.73 Å². The fourth-order valence-corrected chi connectivity index (χ4v) is 4.11. The number of likely N-dealkylation sites (tertiary alicyclic amines) is 1. The van der Waals surface area contributed by atoms with Crippen molar-refractivity contribution < 1.29 is 14.3 Å². The average molecular weight is 466 g/mol. The van der Waals surface area contributed by atoms with Gasteiger partial charge in [-0.2, -0.15) is 5.10 Å². The second-order valence-electron chi connectivity index (χ2n) is 7.78. The lowest BCUT2D eigenvalue weighted by Crippen LogP contribution is -2.40. The third-order valence-electron chi connectivity index (χ3n) is 5.56. The summed E-state index contributed by atoms with van der Waals surface area (Å²) in [4.78, 5) is 30.1. The standard InChI is InChI=1S/C24H24ClN5O3/c1-2-22(31)29-11-5-7-18(13-29)30-14-19(24(26)32)23(28-30)16-8-9-21(20(25)12-16)33-15-17-6-3-4-10-27-17/h2-4,6,8-10,12,14,18H,1,5,7,11,13,15H2,(H2,26,32)/t18-/m1/s1. The van der Waals surface area contributed by atoms with Crippen LogP contribution < -0.4 is 10.5 Å². The van der Waals surface area contributed by atoms with Crippen LogP contribution in [0.1, 0.15) is 34.9 Å². The van der Waals surface area contributed by atoms with Gasteiger partial charge in [0, 0.05) is 31.0 Å². The van der Waals surface area contributed by atoms with Crippen LogP contribution in [-0.4, -0.2) is 44.6 Å². The average Bonchev–Trinajstić information content (AvgIpc) is 3.29. The van der Waals surface area contributed by atoms with Crippen LogP contribution >= 0.6 is 11.6 Å². The Bertz CT molecular complexity index is 1180. The third-order valence-corrected chi connectivity index (χ3v) is 5.86. The zero-order valence-electron chi connectivity index (χ0n) is 18.0. The quantitative estimate of drug-likeness (QED) is 0.536. The van der Waals surface area contributed by atoms with Gasteiger partial charge in [-0.05, 0) is 49.2 Å². The molecule has 1 saturated heterocycles. The molecule has 2 aromatic heterocycles. The first-order valence-electron chi connectivity index (χ1n) is 10.6. The lowest BCUT2D eigenvalue weighted by molar-refractivity contribution is -0.127. The van der Waals surface area contributed by atoms with E-state index < -0.39 is 5.91 Å². The minimum atomic E-state index is -0.585. The van der Waals surface area contributed by atoms with Crippen LogP contribution in [0.15, 0.2) is 61.4 Å². The summed E-state index contributed by atoms with van der Waals surface area (Å²) in [7, 11) is 0. The highest BCUT2D eigenvalue weighted by Crippen LogP contribution is 2.33. The van der Waals surface area contributed by atoms with Crippen LogP contribution in [0.2, 0.25) is 5.02 Å². The Morgan fingerprint density at radius 1 is 1.30 bits per heavy atom. The molecule has 2 amide bonds. The van der Waals surface area contributed by atoms with Crippen LogP contribution in [0.25, 0.3) is 11.3 Å². The van der Waals surface area contributed by atoms with Gasteiger partial charge >= 0.3 is 0 Å². The van der Waals surface area contributed by atoms with Crippen LogP contribution in [0.3, 0.4) is 0 Å². The highest BCUT2D eigenvalue weighted by Gasteiger charge is 2.26. The topological polar surface area (TPSA) is 103 Å². The predicted molar refractivity (Wildman–Crippen MR) is 125 cm³/mol. The maximum Gasteiger partial charge on any atom is 0.252 e. The van der Waals surface area contributed by atoms with E-state index in [-0.39, 0.29) is 18.6 Å². The Kier molecular flexibility index (Phi) is 6.74. The molecule has 2 N–H and O–H groups in total. The molecule has 0 unspecified atom stereocenters. The molecule has 3 aromatic rings. The van der Waals surface area contributed by atoms with E-state index in [9.17, 15) is 9.59 Å². The first kappa shape index (κ1) is 22.5. The highest BCUT2D eigenvalue weighted by molar-refractivity contribution is 6.32. The Labute approximate surface area is 196 Å². The Balaban J connectivity index is 1.57. The monoisotopic (exact) mass is 465 g/mol. The van der Waals surface area contributed by atoms with E-state index in [0.29, 0.717) is 40.7 Å². The van der Waals surface area contributed by atoms with Gasteiger partial charge in [0.2, 0.25) is 5.91 Å². The maximum atomic E-state index is 12.1. The van der Waals surface area contributed by atoms with Crippen molar-refractivity contribution in [2.75, 3.05) is 13.1 Å². The molecule has 0 radical (unpaired) electrons. The van der Waals surface area contributed by atoms with E-state index in [0.717, 1.165) is 18.5 Å². The number of rotatable bonds is 7. The number of nitrogens with zero attached hydrogens (tertiary/aromatic N) is 4. The number of primary amides is 1. The summed E-state index contributed by atoms with van der Waals surface area (Å²) in [5.74, 6) is -0.204. The Morgan fingerprint density at radius 3 is 2.85 bits per heavy atom. The van der Waals surface area contributed by atoms with Gasteiger partial charge in [-0.3, -0.25) is 19.3 Å². The Hall–Kier alpha value is -3.65. The molecule has 0 bridgehead atoms. The van der Waals surface area contributed by atoms with Crippen molar-refractivity contribution in [3.8, 4) is 17.0 Å². The summed E-state index contributed by atoms with van der Waals surface area (Å²) < 4.78 is 7.50. The second kappa shape index (κ2) is 9.87. The van der Waals surface area contributed by atoms with E-state index in [1.54, 1.807) is 40.2 Å². The number of halogens is 1. The Morgan fingerprint density at radius 2 is 2.15 bits per heavy atom. The van der Waals surface area contributed by atoms with E-state index in [4.69, 9.17) is 22.1 Å². The molecule has 1 atom stereocenters. The maximum absolute atomic E-state index is 12.1. The van der Waals surface area contributed by atoms with Crippen LogP contribution in [0.5, 0.6) is 5.75 Å². The molecular formula is C24H24ClN5O3. The molecular weight excluding hydrogens is 442 g/mol. The largest absolute Gasteiger partial charge is 0.486 e. The summed E-state index contributed by atoms with van der Waals surface area (Å²) in [6.07, 6.45) is 6.32. The second-order valence-corrected chi connectivity index (χ2v) is 8.18. The smallest absolute Gasteiger partial charge is 0.252 e. The van der Waals surface area contributed by atoms with Crippen molar-refractivity contribution in [1.29, 1.82) is 0 Å². The molecule has 1 aromatic carbocycles. The molecule has 8 nitrogen and oxygen atoms in total. The van der Waals surface area contributed by atoms with E-state index in [1.807, 2.05) is 18.2 Å². The summed E-state index contributed by atoms with van der Waals surface area (Å²) in [6.45, 7) is 5.01. The summed E-state index contributed by atoms with van der Waals surface area (Å²) >= 11 is 6.45. The van der Waals surface area contributed by atoms with Gasteiger partial charge in [-0.15, -0.1) is 0 Å². The summed E-state index contributed by atoms with van der Waals surface area (Å²) in [5, 5.41) is 5.04. The fraction of sp³-hybridized carbons (Fsp3) is 0.250. The molecule has 1 aliphatic heterocycles. The van der Waals surface area contributed by atoms with Crippen molar-refractivity contribution in [3.63, 3.8) is 0 Å². The third kappa shape index (κ3) is 5.06. The van der Waals surface area contributed by atoms with Gasteiger partial charge < -0.3 is 15.4 Å². The number of nitrogens with two attached hydrogens (primary N) is 1. The number of pyridine rings is 1. The van der Waals surface area contributed by atoms with Gasteiger partial charge in [0.05, 0.1) is 22.3 Å². The zero-order valence-corrected chi connectivity index (χ0v) is 18.7. The minimum absolute atomic E-state index is 0.0639. The molecule has 0 saturated carbocycles. The molecule has 170 valence electrons. The van der Waals surface area contributed by atoms with Gasteiger partial charge in [0.1, 0.15) is 18.1 Å². The minimum Gasteiger partial charge on any atom is -0.486 e. The number of hydrogen-bond acceptors (Lipinski definition) is 5. The van der Waals surface area contributed by atoms with Crippen molar-refractivity contribution in [2.45, 2.75) is 25.5 Å². The van der Waals surface area contributed by atoms with Gasteiger partial charge in [-0.25, -0.2) is 0 Å². The predicted octanol–water partition coefficient (Wildman–Crippen LogP) is 3.63. The normalized spacial score (nSPS) is 15.8. The number of aromatic nitrogens is 3. The number of hydrogen-bond donors (Lipinski definition) is 1. The number of carbonyl (C=O) groups excluding carboxylic acids is 2. The molecule has 9 heteroatoms. The van der Waals surface area contributed by atoms with E-state index >= 15 is 0 Å². The number of ether oxygens (including phenoxy) is 1.